The van der Waals surface area contributed by atoms with Gasteiger partial charge in [0.05, 0.1) is 11.9 Å². The van der Waals surface area contributed by atoms with Crippen LogP contribution in [-0.4, -0.2) is 33.1 Å². The molecule has 0 saturated carbocycles. The number of hydrogen-bond acceptors (Lipinski definition) is 3. The predicted molar refractivity (Wildman–Crippen MR) is 85.4 cm³/mol. The second-order valence-corrected chi connectivity index (χ2v) is 5.51. The van der Waals surface area contributed by atoms with Gasteiger partial charge in [-0.25, -0.2) is 0 Å². The molecular weight excluding hydrogens is 294 g/mol. The number of carbonyl (C=O) groups excluding carboxylic acids is 2. The van der Waals surface area contributed by atoms with E-state index >= 15 is 0 Å². The Kier molecular flexibility index (Phi) is 3.11. The summed E-state index contributed by atoms with van der Waals surface area (Å²) in [5.74, 6) is -0.273. The van der Waals surface area contributed by atoms with Crippen molar-refractivity contribution in [3.63, 3.8) is 0 Å². The third kappa shape index (κ3) is 2.36. The van der Waals surface area contributed by atoms with Crippen molar-refractivity contribution in [2.24, 2.45) is 0 Å². The summed E-state index contributed by atoms with van der Waals surface area (Å²) < 4.78 is 1.98. The van der Waals surface area contributed by atoms with Gasteiger partial charge in [-0.05, 0) is 24.6 Å². The average Bonchev–Trinajstić information content (AvgIpc) is 3.14. The fourth-order valence-electron chi connectivity index (χ4n) is 2.88. The van der Waals surface area contributed by atoms with Crippen molar-refractivity contribution >= 4 is 28.4 Å². The first kappa shape index (κ1) is 13.6. The van der Waals surface area contributed by atoms with E-state index in [1.165, 1.54) is 0 Å². The van der Waals surface area contributed by atoms with Crippen LogP contribution in [0.1, 0.15) is 27.3 Å². The lowest BCUT2D eigenvalue weighted by atomic mass is 10.1. The first-order valence-corrected chi connectivity index (χ1v) is 7.44. The molecule has 7 nitrogen and oxygen atoms in total. The molecule has 0 radical (unpaired) electrons. The number of nitrogens with zero attached hydrogens (tertiary/aromatic N) is 2. The zero-order chi connectivity index (χ0) is 15.8. The number of aromatic amines is 1. The van der Waals surface area contributed by atoms with Gasteiger partial charge in [-0.15, -0.1) is 0 Å². The van der Waals surface area contributed by atoms with Crippen LogP contribution in [0.25, 0.3) is 10.9 Å². The van der Waals surface area contributed by atoms with Crippen LogP contribution in [0.5, 0.6) is 0 Å². The van der Waals surface area contributed by atoms with Gasteiger partial charge in [0.2, 0.25) is 0 Å². The summed E-state index contributed by atoms with van der Waals surface area (Å²) in [7, 11) is 0. The molecule has 1 aromatic carbocycles. The number of fused-ring (bicyclic) bond motifs is 3. The number of anilines is 1. The molecule has 7 heteroatoms. The second-order valence-electron chi connectivity index (χ2n) is 5.51. The van der Waals surface area contributed by atoms with E-state index in [4.69, 9.17) is 0 Å². The number of nitrogens with one attached hydrogen (secondary N) is 3. The predicted octanol–water partition coefficient (Wildman–Crippen LogP) is 1.75. The maximum atomic E-state index is 12.3. The molecule has 1 aliphatic rings. The largest absolute Gasteiger partial charge is 0.351 e. The average molecular weight is 309 g/mol. The minimum Gasteiger partial charge on any atom is -0.351 e. The zero-order valence-corrected chi connectivity index (χ0v) is 12.3. The maximum absolute atomic E-state index is 12.3. The second kappa shape index (κ2) is 5.28. The van der Waals surface area contributed by atoms with Crippen LogP contribution >= 0.6 is 0 Å². The Morgan fingerprint density at radius 2 is 2.22 bits per heavy atom. The normalized spacial score (nSPS) is 14.2. The smallest absolute Gasteiger partial charge is 0.267 e. The maximum Gasteiger partial charge on any atom is 0.267 e. The number of benzene rings is 1. The van der Waals surface area contributed by atoms with E-state index in [0.717, 1.165) is 23.9 Å². The molecule has 0 atom stereocenters. The number of amides is 2. The molecule has 3 heterocycles. The topological polar surface area (TPSA) is 91.8 Å². The van der Waals surface area contributed by atoms with E-state index in [0.29, 0.717) is 23.5 Å². The summed E-state index contributed by atoms with van der Waals surface area (Å²) in [6, 6.07) is 7.32. The van der Waals surface area contributed by atoms with Crippen molar-refractivity contribution in [1.29, 1.82) is 0 Å². The van der Waals surface area contributed by atoms with Crippen LogP contribution in [0.15, 0.2) is 36.7 Å². The standard InChI is InChI=1S/C16H15N5O2/c22-15(20-12-8-18-19-9-12)11-3-2-10-6-14-16(23)17-4-1-5-21(14)13(10)7-11/h2-3,6-9H,1,4-5H2,(H,17,23)(H,18,19)(H,20,22). The van der Waals surface area contributed by atoms with Crippen LogP contribution in [-0.2, 0) is 6.54 Å². The lowest BCUT2D eigenvalue weighted by Crippen LogP contribution is -2.22. The molecule has 23 heavy (non-hydrogen) atoms. The summed E-state index contributed by atoms with van der Waals surface area (Å²) in [5, 5.41) is 13.1. The van der Waals surface area contributed by atoms with E-state index in [-0.39, 0.29) is 11.8 Å². The van der Waals surface area contributed by atoms with Gasteiger partial charge in [0.1, 0.15) is 5.69 Å². The number of carbonyl (C=O) groups is 2. The third-order valence-corrected chi connectivity index (χ3v) is 4.00. The molecule has 0 spiro atoms. The highest BCUT2D eigenvalue weighted by molar-refractivity contribution is 6.07. The highest BCUT2D eigenvalue weighted by atomic mass is 16.2. The van der Waals surface area contributed by atoms with Gasteiger partial charge in [0.15, 0.2) is 0 Å². The third-order valence-electron chi connectivity index (χ3n) is 4.00. The number of aromatic nitrogens is 3. The van der Waals surface area contributed by atoms with E-state index < -0.39 is 0 Å². The van der Waals surface area contributed by atoms with E-state index in [2.05, 4.69) is 20.8 Å². The molecule has 2 aromatic heterocycles. The van der Waals surface area contributed by atoms with Crippen LogP contribution in [0.3, 0.4) is 0 Å². The Bertz CT molecular complexity index is 895. The molecule has 116 valence electrons. The molecule has 4 rings (SSSR count). The van der Waals surface area contributed by atoms with Gasteiger partial charge in [0, 0.05) is 35.8 Å². The first-order chi connectivity index (χ1) is 11.2. The Morgan fingerprint density at radius 3 is 3.04 bits per heavy atom. The molecule has 0 saturated heterocycles. The van der Waals surface area contributed by atoms with Crippen molar-refractivity contribution in [3.05, 3.63) is 47.9 Å². The van der Waals surface area contributed by atoms with Crippen molar-refractivity contribution in [3.8, 4) is 0 Å². The monoisotopic (exact) mass is 309 g/mol. The number of rotatable bonds is 2. The van der Waals surface area contributed by atoms with Crippen LogP contribution in [0.2, 0.25) is 0 Å². The van der Waals surface area contributed by atoms with Gasteiger partial charge < -0.3 is 15.2 Å². The quantitative estimate of drug-likeness (QED) is 0.673. The van der Waals surface area contributed by atoms with Crippen LogP contribution < -0.4 is 10.6 Å². The summed E-state index contributed by atoms with van der Waals surface area (Å²) in [4.78, 5) is 24.4. The van der Waals surface area contributed by atoms with E-state index in [1.54, 1.807) is 18.5 Å². The minimum absolute atomic E-state index is 0.0666. The van der Waals surface area contributed by atoms with Gasteiger partial charge in [0.25, 0.3) is 11.8 Å². The van der Waals surface area contributed by atoms with Crippen molar-refractivity contribution in [2.45, 2.75) is 13.0 Å². The minimum atomic E-state index is -0.207. The fourth-order valence-corrected chi connectivity index (χ4v) is 2.88. The number of aryl methyl sites for hydroxylation is 1. The molecule has 0 fully saturated rings. The summed E-state index contributed by atoms with van der Waals surface area (Å²) in [6.45, 7) is 1.42. The summed E-state index contributed by atoms with van der Waals surface area (Å²) >= 11 is 0. The lowest BCUT2D eigenvalue weighted by molar-refractivity contribution is 0.0950. The lowest BCUT2D eigenvalue weighted by Gasteiger charge is -2.07. The molecule has 0 aliphatic carbocycles. The highest BCUT2D eigenvalue weighted by Crippen LogP contribution is 2.23. The van der Waals surface area contributed by atoms with Gasteiger partial charge in [-0.2, -0.15) is 5.10 Å². The Balaban J connectivity index is 1.74. The molecule has 1 aliphatic heterocycles. The zero-order valence-electron chi connectivity index (χ0n) is 12.3. The van der Waals surface area contributed by atoms with Crippen LogP contribution in [0, 0.1) is 0 Å². The summed E-state index contributed by atoms with van der Waals surface area (Å²) in [5.41, 5.74) is 2.70. The molecule has 0 bridgehead atoms. The number of hydrogen-bond donors (Lipinski definition) is 3. The summed E-state index contributed by atoms with van der Waals surface area (Å²) in [6.07, 6.45) is 4.03. The highest BCUT2D eigenvalue weighted by Gasteiger charge is 2.19. The molecular formula is C16H15N5O2. The van der Waals surface area contributed by atoms with E-state index in [9.17, 15) is 9.59 Å². The Labute approximate surface area is 131 Å². The SMILES string of the molecule is O=C(Nc1cn[nH]c1)c1ccc2cc3n(c2c1)CCCNC3=O. The van der Waals surface area contributed by atoms with Gasteiger partial charge in [-0.3, -0.25) is 14.7 Å². The van der Waals surface area contributed by atoms with Crippen molar-refractivity contribution in [1.82, 2.24) is 20.1 Å². The first-order valence-electron chi connectivity index (χ1n) is 7.44. The Morgan fingerprint density at radius 1 is 1.30 bits per heavy atom. The fraction of sp³-hybridized carbons (Fsp3) is 0.188. The molecule has 0 unspecified atom stereocenters. The van der Waals surface area contributed by atoms with E-state index in [1.807, 2.05) is 22.8 Å². The molecule has 2 amide bonds. The van der Waals surface area contributed by atoms with Gasteiger partial charge >= 0.3 is 0 Å². The number of H-pyrrole nitrogens is 1. The van der Waals surface area contributed by atoms with Crippen molar-refractivity contribution < 1.29 is 9.59 Å². The molecule has 3 N–H and O–H groups in total. The Hall–Kier alpha value is -3.09. The molecule has 3 aromatic rings. The van der Waals surface area contributed by atoms with Crippen LogP contribution in [0.4, 0.5) is 5.69 Å². The van der Waals surface area contributed by atoms with Crippen molar-refractivity contribution in [2.75, 3.05) is 11.9 Å². The van der Waals surface area contributed by atoms with Gasteiger partial charge in [-0.1, -0.05) is 6.07 Å².